The third-order valence-electron chi connectivity index (χ3n) is 5.69. The minimum absolute atomic E-state index is 0. The molecule has 272 valence electrons. The predicted octanol–water partition coefficient (Wildman–Crippen LogP) is -15.3. The van der Waals surface area contributed by atoms with E-state index in [1.807, 2.05) is 0 Å². The van der Waals surface area contributed by atoms with Crippen LogP contribution in [0.3, 0.4) is 0 Å². The average Bonchev–Trinajstić information content (AvgIpc) is 3.00. The summed E-state index contributed by atoms with van der Waals surface area (Å²) in [4.78, 5) is 58.7. The molecule has 0 rings (SSSR count). The number of ether oxygens (including phenoxy) is 4. The van der Waals surface area contributed by atoms with Crippen molar-refractivity contribution in [1.29, 1.82) is 0 Å². The molecule has 0 radical (unpaired) electrons. The van der Waals surface area contributed by atoms with Crippen molar-refractivity contribution in [2.24, 2.45) is 0 Å². The molecule has 0 aliphatic heterocycles. The van der Waals surface area contributed by atoms with Crippen LogP contribution in [-0.2, 0) is 38.1 Å². The fourth-order valence-corrected chi connectivity index (χ4v) is 3.11. The molecule has 0 aliphatic carbocycles. The molecular formula is C21H36Na2O25. The molecule has 0 aromatic carbocycles. The number of carboxylic acid groups (broad SMARTS) is 4. The van der Waals surface area contributed by atoms with Gasteiger partial charge in [-0.05, 0) is 0 Å². The van der Waals surface area contributed by atoms with Crippen LogP contribution in [0.5, 0.6) is 0 Å². The third-order valence-corrected chi connectivity index (χ3v) is 5.69. The van der Waals surface area contributed by atoms with Gasteiger partial charge in [0, 0.05) is 0 Å². The summed E-state index contributed by atoms with van der Waals surface area (Å²) in [5.41, 5.74) is 0. The zero-order valence-electron chi connectivity index (χ0n) is 26.8. The number of aliphatic hydroxyl groups is 12. The zero-order valence-corrected chi connectivity index (χ0v) is 28.8. The molecule has 6 unspecified atom stereocenters. The Hall–Kier alpha value is -1.41. The van der Waals surface area contributed by atoms with Gasteiger partial charge in [-0.25, -0.2) is 24.0 Å². The van der Waals surface area contributed by atoms with Gasteiger partial charge in [-0.2, -0.15) is 0 Å². The standard InChI is InChI=1S/C21H34O25.2Na.2H/c22-1-3(24)5(26)7(28)9(30)19(40)43-11(15(32)33)13(17(36)37)45-21(42)46-14(18(38)39)12(16(34)35)44-20(41)10(31)8(29)6(27)4(25)2-23;;;;/h3-14,19-20,22-31,40-41H,1-2H2,(H,32,33)(H,34,35)(H,36,37)(H,38,39);;;;/q;2*+1;2*-1/t3-,4-,5-,6-,7+,8+,9+,10+,11?,12?,13?,14?,19?,20?;;;;/m1..../s1. The first-order chi connectivity index (χ1) is 21.1. The number of rotatable bonds is 22. The smallest absolute Gasteiger partial charge is 1.00 e. The van der Waals surface area contributed by atoms with E-state index in [2.05, 4.69) is 18.9 Å². The molecule has 0 bridgehead atoms. The van der Waals surface area contributed by atoms with Crippen molar-refractivity contribution in [2.75, 3.05) is 13.2 Å². The maximum absolute atomic E-state index is 12.2. The molecule has 0 fully saturated rings. The van der Waals surface area contributed by atoms with Crippen LogP contribution >= 0.6 is 0 Å². The minimum Gasteiger partial charge on any atom is -1.00 e. The van der Waals surface area contributed by atoms with Crippen LogP contribution in [0.15, 0.2) is 0 Å². The Morgan fingerprint density at radius 3 is 0.896 bits per heavy atom. The first-order valence-electron chi connectivity index (χ1n) is 12.3. The number of carboxylic acids is 4. The van der Waals surface area contributed by atoms with Crippen LogP contribution in [-0.4, -0.2) is 211 Å². The molecule has 25 nitrogen and oxygen atoms in total. The molecule has 0 aromatic rings. The fourth-order valence-electron chi connectivity index (χ4n) is 3.11. The van der Waals surface area contributed by atoms with E-state index in [9.17, 15) is 95.5 Å². The van der Waals surface area contributed by atoms with E-state index in [4.69, 9.17) is 10.2 Å². The molecule has 0 spiro atoms. The molecule has 16 N–H and O–H groups in total. The summed E-state index contributed by atoms with van der Waals surface area (Å²) in [7, 11) is 0. The summed E-state index contributed by atoms with van der Waals surface area (Å²) in [6, 6.07) is 0. The minimum atomic E-state index is -3.14. The van der Waals surface area contributed by atoms with Gasteiger partial charge < -0.3 is 104 Å². The van der Waals surface area contributed by atoms with Gasteiger partial charge in [-0.15, -0.1) is 0 Å². The molecule has 27 heteroatoms. The Morgan fingerprint density at radius 1 is 0.438 bits per heavy atom. The predicted molar refractivity (Wildman–Crippen MR) is 132 cm³/mol. The van der Waals surface area contributed by atoms with E-state index >= 15 is 0 Å². The van der Waals surface area contributed by atoms with Crippen molar-refractivity contribution in [3.63, 3.8) is 0 Å². The van der Waals surface area contributed by atoms with Crippen LogP contribution < -0.4 is 59.1 Å². The Morgan fingerprint density at radius 2 is 0.688 bits per heavy atom. The van der Waals surface area contributed by atoms with E-state index in [1.165, 1.54) is 0 Å². The summed E-state index contributed by atoms with van der Waals surface area (Å²) < 4.78 is 17.1. The van der Waals surface area contributed by atoms with Crippen LogP contribution in [0.2, 0.25) is 0 Å². The van der Waals surface area contributed by atoms with Crippen LogP contribution in [0, 0.1) is 0 Å². The van der Waals surface area contributed by atoms with E-state index < -0.39 is 129 Å². The van der Waals surface area contributed by atoms with E-state index in [0.717, 1.165) is 0 Å². The fraction of sp³-hybridized carbons (Fsp3) is 0.762. The third kappa shape index (κ3) is 15.2. The maximum Gasteiger partial charge on any atom is 1.00 e. The van der Waals surface area contributed by atoms with Crippen LogP contribution in [0.1, 0.15) is 2.85 Å². The largest absolute Gasteiger partial charge is 1.00 e. The van der Waals surface area contributed by atoms with Crippen molar-refractivity contribution < 1.29 is 187 Å². The molecule has 14 atom stereocenters. The van der Waals surface area contributed by atoms with E-state index in [1.54, 1.807) is 0 Å². The number of carbonyl (C=O) groups excluding carboxylic acids is 1. The maximum atomic E-state index is 12.2. The second kappa shape index (κ2) is 23.9. The molecule has 0 saturated carbocycles. The molecule has 48 heavy (non-hydrogen) atoms. The topological polar surface area (TPSA) is 446 Å². The molecule has 0 saturated heterocycles. The zero-order chi connectivity index (χ0) is 36.2. The molecule has 0 aromatic heterocycles. The summed E-state index contributed by atoms with van der Waals surface area (Å²) in [5, 5.41) is 152. The Labute approximate surface area is 314 Å². The van der Waals surface area contributed by atoms with Crippen molar-refractivity contribution in [1.82, 2.24) is 0 Å². The van der Waals surface area contributed by atoms with Gasteiger partial charge in [0.05, 0.1) is 13.2 Å². The summed E-state index contributed by atoms with van der Waals surface area (Å²) >= 11 is 0. The van der Waals surface area contributed by atoms with Gasteiger partial charge >= 0.3 is 89.1 Å². The molecule has 0 heterocycles. The van der Waals surface area contributed by atoms with Crippen molar-refractivity contribution in [3.8, 4) is 0 Å². The van der Waals surface area contributed by atoms with Gasteiger partial charge in [0.1, 0.15) is 48.8 Å². The van der Waals surface area contributed by atoms with E-state index in [-0.39, 0.29) is 62.0 Å². The van der Waals surface area contributed by atoms with E-state index in [0.29, 0.717) is 0 Å². The summed E-state index contributed by atoms with van der Waals surface area (Å²) in [5.74, 6) is -9.64. The van der Waals surface area contributed by atoms with Crippen molar-refractivity contribution in [3.05, 3.63) is 0 Å². The SMILES string of the molecule is O=C(OC(C(=O)O)C(OC(O)[C@@H](O)[C@@H](O)[C@H](O)[C@H](O)CO)C(=O)O)OC(C(=O)O)C(OC(O)[C@@H](O)[C@@H](O)[C@H](O)[C@H](O)CO)C(=O)O.[H-].[H-].[Na+].[Na+]. The quantitative estimate of drug-likeness (QED) is 0.0279. The average molecular weight is 734 g/mol. The first-order valence-corrected chi connectivity index (χ1v) is 12.3. The first kappa shape index (κ1) is 51.0. The van der Waals surface area contributed by atoms with Crippen LogP contribution in [0.25, 0.3) is 0 Å². The van der Waals surface area contributed by atoms with Crippen LogP contribution in [0.4, 0.5) is 4.79 Å². The number of aliphatic hydroxyl groups excluding tert-OH is 12. The number of hydrogen-bond acceptors (Lipinski definition) is 21. The Balaban J connectivity index is -0.00000169. The summed E-state index contributed by atoms with van der Waals surface area (Å²) in [6.07, 6.45) is -40.4. The number of carbonyl (C=O) groups is 5. The second-order valence-corrected chi connectivity index (χ2v) is 9.02. The van der Waals surface area contributed by atoms with Crippen molar-refractivity contribution in [2.45, 2.75) is 85.8 Å². The van der Waals surface area contributed by atoms with Gasteiger partial charge in [-0.1, -0.05) is 0 Å². The molecule has 0 aliphatic rings. The van der Waals surface area contributed by atoms with Gasteiger partial charge in [-0.3, -0.25) is 0 Å². The van der Waals surface area contributed by atoms with Gasteiger partial charge in [0.15, 0.2) is 12.6 Å². The normalized spacial score (nSPS) is 20.1. The number of aliphatic carboxylic acids is 4. The Bertz CT molecular complexity index is 954. The second-order valence-electron chi connectivity index (χ2n) is 9.02. The molecule has 0 amide bonds. The Kier molecular flexibility index (Phi) is 25.4. The summed E-state index contributed by atoms with van der Waals surface area (Å²) in [6.45, 7) is -2.36. The monoisotopic (exact) mass is 734 g/mol. The molecular weight excluding hydrogens is 698 g/mol. The van der Waals surface area contributed by atoms with Gasteiger partial charge in [0.2, 0.25) is 24.4 Å². The van der Waals surface area contributed by atoms with Crippen molar-refractivity contribution >= 4 is 30.0 Å². The number of hydrogen-bond donors (Lipinski definition) is 16. The van der Waals surface area contributed by atoms with Gasteiger partial charge in [0.25, 0.3) is 0 Å².